The molecule has 1 N–H and O–H groups in total. The normalized spacial score (nSPS) is 18.3. The molecule has 1 saturated carbocycles. The van der Waals surface area contributed by atoms with E-state index in [9.17, 15) is 8.42 Å². The highest BCUT2D eigenvalue weighted by atomic mass is 79.9. The van der Waals surface area contributed by atoms with Gasteiger partial charge in [-0.05, 0) is 37.3 Å². The highest BCUT2D eigenvalue weighted by Gasteiger charge is 2.30. The third-order valence-corrected chi connectivity index (χ3v) is 7.23. The molecule has 0 aliphatic heterocycles. The molecule has 7 heteroatoms. The Morgan fingerprint density at radius 3 is 2.76 bits per heavy atom. The van der Waals surface area contributed by atoms with Crippen molar-refractivity contribution < 1.29 is 8.42 Å². The van der Waals surface area contributed by atoms with Crippen LogP contribution in [0.2, 0.25) is 4.34 Å². The Morgan fingerprint density at radius 1 is 1.65 bits per heavy atom. The van der Waals surface area contributed by atoms with Gasteiger partial charge in [0.2, 0.25) is 10.0 Å². The summed E-state index contributed by atoms with van der Waals surface area (Å²) in [6, 6.07) is 1.61. The number of hydrogen-bond donors (Lipinski definition) is 1. The van der Waals surface area contributed by atoms with Crippen LogP contribution >= 0.6 is 38.9 Å². The molecular formula is C10H13BrClNO2S2. The summed E-state index contributed by atoms with van der Waals surface area (Å²) in [5.41, 5.74) is 0.801. The smallest absolute Gasteiger partial charge is 0.209 e. The van der Waals surface area contributed by atoms with E-state index in [1.54, 1.807) is 13.0 Å². The molecule has 1 heterocycles. The van der Waals surface area contributed by atoms with Crippen LogP contribution in [0, 0.1) is 12.8 Å². The Balaban J connectivity index is 2.02. The van der Waals surface area contributed by atoms with Gasteiger partial charge in [0.25, 0.3) is 0 Å². The van der Waals surface area contributed by atoms with Crippen LogP contribution in [0.5, 0.6) is 0 Å². The molecule has 1 atom stereocenters. The summed E-state index contributed by atoms with van der Waals surface area (Å²) >= 11 is 10.5. The SMILES string of the molecule is Cc1cc(S(=O)(=O)NCC(Br)C2CC2)sc1Cl. The highest BCUT2D eigenvalue weighted by Crippen LogP contribution is 2.36. The zero-order chi connectivity index (χ0) is 12.6. The van der Waals surface area contributed by atoms with Crippen LogP contribution < -0.4 is 4.72 Å². The summed E-state index contributed by atoms with van der Waals surface area (Å²) in [5.74, 6) is 0.617. The monoisotopic (exact) mass is 357 g/mol. The number of aryl methyl sites for hydroxylation is 1. The minimum Gasteiger partial charge on any atom is -0.209 e. The van der Waals surface area contributed by atoms with Crippen molar-refractivity contribution in [1.82, 2.24) is 4.72 Å². The Labute approximate surface area is 119 Å². The van der Waals surface area contributed by atoms with Crippen LogP contribution in [0.15, 0.2) is 10.3 Å². The van der Waals surface area contributed by atoms with Crippen LogP contribution in [0.4, 0.5) is 0 Å². The molecule has 0 amide bonds. The number of alkyl halides is 1. The highest BCUT2D eigenvalue weighted by molar-refractivity contribution is 9.09. The molecule has 0 radical (unpaired) electrons. The third-order valence-electron chi connectivity index (χ3n) is 2.70. The van der Waals surface area contributed by atoms with Crippen LogP contribution in [0.3, 0.4) is 0 Å². The number of halogens is 2. The fourth-order valence-corrected chi connectivity index (χ4v) is 5.17. The first-order valence-electron chi connectivity index (χ1n) is 5.30. The maximum absolute atomic E-state index is 12.0. The minimum atomic E-state index is -3.41. The Kier molecular flexibility index (Phi) is 4.20. The number of thiophene rings is 1. The van der Waals surface area contributed by atoms with Crippen molar-refractivity contribution in [3.63, 3.8) is 0 Å². The summed E-state index contributed by atoms with van der Waals surface area (Å²) in [7, 11) is -3.41. The lowest BCUT2D eigenvalue weighted by molar-refractivity contribution is 0.580. The summed E-state index contributed by atoms with van der Waals surface area (Å²) in [5, 5.41) is 0. The van der Waals surface area contributed by atoms with Gasteiger partial charge in [-0.3, -0.25) is 0 Å². The molecule has 1 aliphatic carbocycles. The molecule has 1 aromatic rings. The van der Waals surface area contributed by atoms with E-state index in [0.717, 1.165) is 16.9 Å². The molecule has 1 unspecified atom stereocenters. The van der Waals surface area contributed by atoms with Crippen LogP contribution in [-0.2, 0) is 10.0 Å². The first kappa shape index (κ1) is 13.8. The van der Waals surface area contributed by atoms with Gasteiger partial charge in [0.15, 0.2) is 0 Å². The molecule has 0 saturated heterocycles. The molecule has 1 aromatic heterocycles. The summed E-state index contributed by atoms with van der Waals surface area (Å²) in [6.45, 7) is 2.23. The van der Waals surface area contributed by atoms with Crippen molar-refractivity contribution in [3.05, 3.63) is 16.0 Å². The summed E-state index contributed by atoms with van der Waals surface area (Å²) in [6.07, 6.45) is 2.36. The van der Waals surface area contributed by atoms with E-state index in [1.807, 2.05) is 0 Å². The van der Waals surface area contributed by atoms with Crippen molar-refractivity contribution >= 4 is 48.9 Å². The molecule has 1 fully saturated rings. The van der Waals surface area contributed by atoms with Gasteiger partial charge in [-0.25, -0.2) is 13.1 Å². The molecule has 2 rings (SSSR count). The quantitative estimate of drug-likeness (QED) is 0.822. The lowest BCUT2D eigenvalue weighted by Gasteiger charge is -2.09. The second-order valence-corrected chi connectivity index (χ2v) is 9.05. The second kappa shape index (κ2) is 5.17. The van der Waals surface area contributed by atoms with Gasteiger partial charge < -0.3 is 0 Å². The maximum Gasteiger partial charge on any atom is 0.250 e. The van der Waals surface area contributed by atoms with Crippen LogP contribution in [0.25, 0.3) is 0 Å². The van der Waals surface area contributed by atoms with Crippen molar-refractivity contribution in [2.45, 2.75) is 28.8 Å². The molecule has 96 valence electrons. The van der Waals surface area contributed by atoms with Gasteiger partial charge in [-0.1, -0.05) is 27.5 Å². The first-order chi connectivity index (χ1) is 7.90. The largest absolute Gasteiger partial charge is 0.250 e. The molecular weight excluding hydrogens is 346 g/mol. The van der Waals surface area contributed by atoms with Crippen molar-refractivity contribution in [3.8, 4) is 0 Å². The molecule has 0 spiro atoms. The average Bonchev–Trinajstić information content (AvgIpc) is 3.04. The first-order valence-corrected chi connectivity index (χ1v) is 8.89. The van der Waals surface area contributed by atoms with E-state index >= 15 is 0 Å². The van der Waals surface area contributed by atoms with Gasteiger partial charge in [0.05, 0.1) is 4.34 Å². The van der Waals surface area contributed by atoms with Gasteiger partial charge >= 0.3 is 0 Å². The number of hydrogen-bond acceptors (Lipinski definition) is 3. The van der Waals surface area contributed by atoms with E-state index in [4.69, 9.17) is 11.6 Å². The Bertz CT molecular complexity index is 491. The van der Waals surface area contributed by atoms with E-state index in [2.05, 4.69) is 20.7 Å². The fourth-order valence-electron chi connectivity index (χ4n) is 1.45. The molecule has 17 heavy (non-hydrogen) atoms. The summed E-state index contributed by atoms with van der Waals surface area (Å²) < 4.78 is 27.4. The predicted octanol–water partition coefficient (Wildman–Crippen LogP) is 3.16. The second-order valence-electron chi connectivity index (χ2n) is 4.23. The minimum absolute atomic E-state index is 0.230. The Hall–Kier alpha value is 0.380. The number of sulfonamides is 1. The van der Waals surface area contributed by atoms with E-state index in [1.165, 1.54) is 12.8 Å². The zero-order valence-electron chi connectivity index (χ0n) is 9.24. The Morgan fingerprint density at radius 2 is 2.29 bits per heavy atom. The van der Waals surface area contributed by atoms with Crippen LogP contribution in [-0.4, -0.2) is 19.8 Å². The molecule has 0 aromatic carbocycles. The number of nitrogens with one attached hydrogen (secondary N) is 1. The summed E-state index contributed by atoms with van der Waals surface area (Å²) in [4.78, 5) is 0.230. The van der Waals surface area contributed by atoms with Gasteiger partial charge in [-0.2, -0.15) is 0 Å². The lowest BCUT2D eigenvalue weighted by atomic mass is 10.3. The van der Waals surface area contributed by atoms with Crippen LogP contribution in [0.1, 0.15) is 18.4 Å². The average molecular weight is 359 g/mol. The van der Waals surface area contributed by atoms with Crippen molar-refractivity contribution in [1.29, 1.82) is 0 Å². The molecule has 1 aliphatic rings. The molecule has 0 bridgehead atoms. The predicted molar refractivity (Wildman–Crippen MR) is 74.7 cm³/mol. The van der Waals surface area contributed by atoms with E-state index in [-0.39, 0.29) is 9.04 Å². The van der Waals surface area contributed by atoms with Crippen molar-refractivity contribution in [2.24, 2.45) is 5.92 Å². The maximum atomic E-state index is 12.0. The lowest BCUT2D eigenvalue weighted by Crippen LogP contribution is -2.30. The standard InChI is InChI=1S/C10H13BrClNO2S2/c1-6-4-9(16-10(6)12)17(14,15)13-5-8(11)7-2-3-7/h4,7-8,13H,2-3,5H2,1H3. The van der Waals surface area contributed by atoms with Gasteiger partial charge in [0, 0.05) is 11.4 Å². The van der Waals surface area contributed by atoms with Gasteiger partial charge in [0.1, 0.15) is 4.21 Å². The van der Waals surface area contributed by atoms with Crippen molar-refractivity contribution in [2.75, 3.05) is 6.54 Å². The van der Waals surface area contributed by atoms with E-state index in [0.29, 0.717) is 16.8 Å². The number of rotatable bonds is 5. The fraction of sp³-hybridized carbons (Fsp3) is 0.600. The topological polar surface area (TPSA) is 46.2 Å². The van der Waals surface area contributed by atoms with E-state index < -0.39 is 10.0 Å². The van der Waals surface area contributed by atoms with Gasteiger partial charge in [-0.15, -0.1) is 11.3 Å². The zero-order valence-corrected chi connectivity index (χ0v) is 13.2. The third kappa shape index (κ3) is 3.44. The molecule has 3 nitrogen and oxygen atoms in total.